The van der Waals surface area contributed by atoms with Crippen molar-refractivity contribution < 1.29 is 14.0 Å². The zero-order valence-electron chi connectivity index (χ0n) is 14.7. The van der Waals surface area contributed by atoms with Crippen molar-refractivity contribution in [3.05, 3.63) is 18.0 Å². The van der Waals surface area contributed by atoms with Gasteiger partial charge in [-0.05, 0) is 13.5 Å². The van der Waals surface area contributed by atoms with Gasteiger partial charge in [-0.2, -0.15) is 5.10 Å². The Labute approximate surface area is 146 Å². The molecule has 2 fully saturated rings. The monoisotopic (exact) mass is 352 g/mol. The molecule has 138 valence electrons. The zero-order valence-corrected chi connectivity index (χ0v) is 14.7. The summed E-state index contributed by atoms with van der Waals surface area (Å²) in [6, 6.07) is -0.290. The van der Waals surface area contributed by atoms with Crippen LogP contribution in [0.15, 0.2) is 12.4 Å². The molecule has 3 heterocycles. The van der Waals surface area contributed by atoms with Crippen molar-refractivity contribution >= 4 is 11.9 Å². The molecule has 1 N–H and O–H groups in total. The van der Waals surface area contributed by atoms with Crippen LogP contribution in [0.25, 0.3) is 0 Å². The number of halogens is 1. The number of nitrogens with zero attached hydrogens (tertiary/aromatic N) is 5. The van der Waals surface area contributed by atoms with E-state index in [0.29, 0.717) is 39.1 Å². The number of carbonyl (C=O) groups excluding carboxylic acids is 2. The van der Waals surface area contributed by atoms with E-state index in [0.717, 1.165) is 5.56 Å². The third-order valence-electron chi connectivity index (χ3n) is 4.71. The topological polar surface area (TPSA) is 73.7 Å². The van der Waals surface area contributed by atoms with Crippen molar-refractivity contribution in [1.82, 2.24) is 29.8 Å². The molecule has 9 heteroatoms. The molecule has 3 amide bonds. The normalized spacial score (nSPS) is 24.3. The number of carbonyl (C=O) groups is 2. The van der Waals surface area contributed by atoms with Gasteiger partial charge in [0.25, 0.3) is 0 Å². The van der Waals surface area contributed by atoms with Crippen molar-refractivity contribution in [1.29, 1.82) is 0 Å². The van der Waals surface area contributed by atoms with Crippen molar-refractivity contribution in [3.8, 4) is 0 Å². The average molecular weight is 352 g/mol. The average Bonchev–Trinajstić information content (AvgIpc) is 3.21. The number of likely N-dealkylation sites (N-methyl/N-ethyl adjacent to an activating group) is 1. The molecule has 0 spiro atoms. The first-order chi connectivity index (χ1) is 11.9. The van der Waals surface area contributed by atoms with E-state index in [-0.39, 0.29) is 24.5 Å². The van der Waals surface area contributed by atoms with Gasteiger partial charge in [0.15, 0.2) is 0 Å². The minimum absolute atomic E-state index is 0.0420. The van der Waals surface area contributed by atoms with Crippen LogP contribution < -0.4 is 5.32 Å². The summed E-state index contributed by atoms with van der Waals surface area (Å²) in [6.07, 6.45) is 3.34. The molecule has 1 aromatic rings. The number of aryl methyl sites for hydroxylation is 1. The largest absolute Gasteiger partial charge is 0.336 e. The Morgan fingerprint density at radius 1 is 1.52 bits per heavy atom. The van der Waals surface area contributed by atoms with E-state index < -0.39 is 6.17 Å². The molecular weight excluding hydrogens is 327 g/mol. The number of alkyl halides is 1. The minimum Gasteiger partial charge on any atom is -0.336 e. The summed E-state index contributed by atoms with van der Waals surface area (Å²) in [5, 5.41) is 6.77. The molecule has 8 nitrogen and oxygen atoms in total. The fourth-order valence-electron chi connectivity index (χ4n) is 3.54. The molecule has 0 bridgehead atoms. The van der Waals surface area contributed by atoms with Crippen LogP contribution in [0.5, 0.6) is 0 Å². The number of amides is 3. The fourth-order valence-corrected chi connectivity index (χ4v) is 3.54. The van der Waals surface area contributed by atoms with E-state index in [9.17, 15) is 14.0 Å². The summed E-state index contributed by atoms with van der Waals surface area (Å²) in [7, 11) is 3.69. The Morgan fingerprint density at radius 3 is 2.96 bits per heavy atom. The van der Waals surface area contributed by atoms with E-state index in [1.54, 1.807) is 10.9 Å². The maximum absolute atomic E-state index is 13.9. The third kappa shape index (κ3) is 4.35. The van der Waals surface area contributed by atoms with Crippen molar-refractivity contribution in [3.63, 3.8) is 0 Å². The van der Waals surface area contributed by atoms with Crippen molar-refractivity contribution in [2.45, 2.75) is 25.2 Å². The maximum atomic E-state index is 13.9. The summed E-state index contributed by atoms with van der Waals surface area (Å²) in [6.45, 7) is 2.70. The van der Waals surface area contributed by atoms with Gasteiger partial charge in [0.05, 0.1) is 12.7 Å². The van der Waals surface area contributed by atoms with Crippen LogP contribution in [-0.2, 0) is 18.4 Å². The SMILES string of the molecule is CN(CC(=O)N1CCNC1=O)C[C@@H]1C[C@H](F)CN1Cc1cnn(C)c1. The number of hydrogen-bond donors (Lipinski definition) is 1. The fraction of sp³-hybridized carbons (Fsp3) is 0.688. The Morgan fingerprint density at radius 2 is 2.32 bits per heavy atom. The molecule has 2 atom stereocenters. The maximum Gasteiger partial charge on any atom is 0.324 e. The van der Waals surface area contributed by atoms with Crippen LogP contribution in [0, 0.1) is 0 Å². The molecule has 1 aromatic heterocycles. The van der Waals surface area contributed by atoms with Crippen LogP contribution in [-0.4, -0.2) is 88.4 Å². The highest BCUT2D eigenvalue weighted by atomic mass is 19.1. The number of rotatable bonds is 6. The molecule has 0 aliphatic carbocycles. The van der Waals surface area contributed by atoms with E-state index >= 15 is 0 Å². The lowest BCUT2D eigenvalue weighted by Crippen LogP contribution is -2.44. The van der Waals surface area contributed by atoms with Gasteiger partial charge >= 0.3 is 6.03 Å². The first kappa shape index (κ1) is 17.8. The van der Waals surface area contributed by atoms with Crippen LogP contribution in [0.3, 0.4) is 0 Å². The third-order valence-corrected chi connectivity index (χ3v) is 4.71. The Balaban J connectivity index is 1.54. The predicted octanol–water partition coefficient (Wildman–Crippen LogP) is -0.184. The predicted molar refractivity (Wildman–Crippen MR) is 89.5 cm³/mol. The smallest absolute Gasteiger partial charge is 0.324 e. The standard InChI is InChI=1S/C16H25FN6O2/c1-20(11-15(24)23-4-3-18-16(23)25)10-14-5-13(17)9-22(14)8-12-6-19-21(2)7-12/h6-7,13-14H,3-5,8-11H2,1-2H3,(H,18,25)/t13-,14-/m0/s1. The first-order valence-corrected chi connectivity index (χ1v) is 8.54. The number of aromatic nitrogens is 2. The van der Waals surface area contributed by atoms with Gasteiger partial charge in [0.2, 0.25) is 5.91 Å². The van der Waals surface area contributed by atoms with Crippen LogP contribution in [0.1, 0.15) is 12.0 Å². The summed E-state index contributed by atoms with van der Waals surface area (Å²) < 4.78 is 15.7. The second-order valence-corrected chi connectivity index (χ2v) is 6.91. The zero-order chi connectivity index (χ0) is 18.0. The molecular formula is C16H25FN6O2. The van der Waals surface area contributed by atoms with Gasteiger partial charge in [0.1, 0.15) is 6.17 Å². The quantitative estimate of drug-likeness (QED) is 0.769. The van der Waals surface area contributed by atoms with Crippen LogP contribution in [0.4, 0.5) is 9.18 Å². The lowest BCUT2D eigenvalue weighted by atomic mass is 10.2. The molecule has 2 saturated heterocycles. The summed E-state index contributed by atoms with van der Waals surface area (Å²) >= 11 is 0. The first-order valence-electron chi connectivity index (χ1n) is 8.54. The van der Waals surface area contributed by atoms with Gasteiger partial charge < -0.3 is 5.32 Å². The van der Waals surface area contributed by atoms with Gasteiger partial charge in [-0.1, -0.05) is 0 Å². The van der Waals surface area contributed by atoms with Gasteiger partial charge in [-0.15, -0.1) is 0 Å². The highest BCUT2D eigenvalue weighted by molar-refractivity contribution is 5.96. The van der Waals surface area contributed by atoms with E-state index in [4.69, 9.17) is 0 Å². The molecule has 0 radical (unpaired) electrons. The Hall–Kier alpha value is -2.00. The summed E-state index contributed by atoms with van der Waals surface area (Å²) in [5.41, 5.74) is 1.05. The lowest BCUT2D eigenvalue weighted by Gasteiger charge is -2.28. The molecule has 25 heavy (non-hydrogen) atoms. The van der Waals surface area contributed by atoms with Crippen molar-refractivity contribution in [2.75, 3.05) is 39.8 Å². The number of hydrogen-bond acceptors (Lipinski definition) is 5. The number of likely N-dealkylation sites (tertiary alicyclic amines) is 1. The van der Waals surface area contributed by atoms with Gasteiger partial charge in [-0.3, -0.25) is 24.2 Å². The minimum atomic E-state index is -0.852. The van der Waals surface area contributed by atoms with Gasteiger partial charge in [-0.25, -0.2) is 9.18 Å². The van der Waals surface area contributed by atoms with Gasteiger partial charge in [0, 0.05) is 57.6 Å². The number of urea groups is 1. The second kappa shape index (κ2) is 7.49. The molecule has 0 saturated carbocycles. The lowest BCUT2D eigenvalue weighted by molar-refractivity contribution is -0.128. The highest BCUT2D eigenvalue weighted by Gasteiger charge is 2.34. The molecule has 0 unspecified atom stereocenters. The van der Waals surface area contributed by atoms with E-state index in [1.807, 2.05) is 25.2 Å². The van der Waals surface area contributed by atoms with Crippen LogP contribution >= 0.6 is 0 Å². The van der Waals surface area contributed by atoms with E-state index in [2.05, 4.69) is 15.3 Å². The second-order valence-electron chi connectivity index (χ2n) is 6.91. The number of imide groups is 1. The molecule has 2 aliphatic rings. The Bertz CT molecular complexity index is 636. The molecule has 0 aromatic carbocycles. The Kier molecular flexibility index (Phi) is 5.33. The van der Waals surface area contributed by atoms with Crippen molar-refractivity contribution in [2.24, 2.45) is 7.05 Å². The molecule has 2 aliphatic heterocycles. The van der Waals surface area contributed by atoms with E-state index in [1.165, 1.54) is 4.90 Å². The van der Waals surface area contributed by atoms with Crippen LogP contribution in [0.2, 0.25) is 0 Å². The highest BCUT2D eigenvalue weighted by Crippen LogP contribution is 2.23. The summed E-state index contributed by atoms with van der Waals surface area (Å²) in [4.78, 5) is 29.0. The summed E-state index contributed by atoms with van der Waals surface area (Å²) in [5.74, 6) is -0.217. The molecule has 3 rings (SSSR count). The number of nitrogens with one attached hydrogen (secondary N) is 1.